The maximum Gasteiger partial charge on any atom is 0.238 e. The topological polar surface area (TPSA) is 9.23 Å². The lowest BCUT2D eigenvalue weighted by Crippen LogP contribution is -2.42. The molecule has 0 amide bonds. The number of hydrogen-bond acceptors (Lipinski definition) is 1. The van der Waals surface area contributed by atoms with Crippen LogP contribution in [-0.2, 0) is 12.8 Å². The Bertz CT molecular complexity index is 715. The van der Waals surface area contributed by atoms with Gasteiger partial charge in [-0.25, -0.2) is 8.78 Å². The van der Waals surface area contributed by atoms with Crippen LogP contribution in [0.15, 0.2) is 12.1 Å². The van der Waals surface area contributed by atoms with E-state index in [0.717, 1.165) is 57.3 Å². The Morgan fingerprint density at radius 2 is 1.97 bits per heavy atom. The lowest BCUT2D eigenvalue weighted by Gasteiger charge is -2.51. The molecule has 0 aliphatic heterocycles. The molecule has 4 rings (SSSR count). The molecule has 0 radical (unpaired) electrons. The van der Waals surface area contributed by atoms with Crippen molar-refractivity contribution in [2.45, 2.75) is 97.3 Å². The fourth-order valence-corrected chi connectivity index (χ4v) is 7.09. The van der Waals surface area contributed by atoms with Crippen LogP contribution in [0.5, 0.6) is 5.75 Å². The van der Waals surface area contributed by atoms with E-state index in [-0.39, 0.29) is 17.8 Å². The number of halogens is 2. The van der Waals surface area contributed by atoms with Crippen LogP contribution in [0.1, 0.15) is 94.7 Å². The van der Waals surface area contributed by atoms with Crippen molar-refractivity contribution in [3.63, 3.8) is 0 Å². The zero-order chi connectivity index (χ0) is 20.6. The van der Waals surface area contributed by atoms with Gasteiger partial charge in [0.05, 0.1) is 6.61 Å². The van der Waals surface area contributed by atoms with Crippen LogP contribution in [-0.4, -0.2) is 13.0 Å². The molecule has 2 fully saturated rings. The zero-order valence-corrected chi connectivity index (χ0v) is 18.5. The van der Waals surface area contributed by atoms with Gasteiger partial charge in [0.2, 0.25) is 6.43 Å². The van der Waals surface area contributed by atoms with Gasteiger partial charge in [-0.3, -0.25) is 0 Å². The van der Waals surface area contributed by atoms with E-state index in [2.05, 4.69) is 32.9 Å². The van der Waals surface area contributed by atoms with Crippen molar-refractivity contribution in [3.05, 3.63) is 28.8 Å². The first-order valence-corrected chi connectivity index (χ1v) is 12.0. The van der Waals surface area contributed by atoms with Crippen LogP contribution in [0.4, 0.5) is 8.78 Å². The highest BCUT2D eigenvalue weighted by Crippen LogP contribution is 2.64. The molecule has 1 nitrogen and oxygen atoms in total. The summed E-state index contributed by atoms with van der Waals surface area (Å²) in [5.41, 5.74) is 4.52. The Kier molecular flexibility index (Phi) is 6.23. The minimum atomic E-state index is -2.15. The second-order valence-electron chi connectivity index (χ2n) is 10.1. The number of rotatable bonds is 7. The third-order valence-corrected chi connectivity index (χ3v) is 8.70. The van der Waals surface area contributed by atoms with Gasteiger partial charge in [-0.05, 0) is 103 Å². The monoisotopic (exact) mass is 404 g/mol. The Balaban J connectivity index is 1.57. The van der Waals surface area contributed by atoms with Crippen LogP contribution in [0.2, 0.25) is 0 Å². The van der Waals surface area contributed by atoms with Crippen molar-refractivity contribution in [2.75, 3.05) is 6.61 Å². The van der Waals surface area contributed by atoms with Crippen LogP contribution in [0, 0.1) is 23.2 Å². The normalized spacial score (nSPS) is 33.3. The van der Waals surface area contributed by atoms with E-state index < -0.39 is 6.43 Å². The van der Waals surface area contributed by atoms with Gasteiger partial charge in [0.25, 0.3) is 0 Å². The number of alkyl halides is 2. The van der Waals surface area contributed by atoms with Crippen molar-refractivity contribution in [1.82, 2.24) is 0 Å². The van der Waals surface area contributed by atoms with Gasteiger partial charge in [-0.15, -0.1) is 0 Å². The summed E-state index contributed by atoms with van der Waals surface area (Å²) in [4.78, 5) is 0. The smallest absolute Gasteiger partial charge is 0.238 e. The van der Waals surface area contributed by atoms with Gasteiger partial charge in [0.15, 0.2) is 0 Å². The van der Waals surface area contributed by atoms with Crippen molar-refractivity contribution in [2.24, 2.45) is 23.2 Å². The lowest BCUT2D eigenvalue weighted by atomic mass is 9.54. The number of aryl methyl sites for hydroxylation is 2. The van der Waals surface area contributed by atoms with Gasteiger partial charge >= 0.3 is 0 Å². The average molecular weight is 405 g/mol. The largest absolute Gasteiger partial charge is 0.493 e. The molecule has 0 N–H and O–H groups in total. The summed E-state index contributed by atoms with van der Waals surface area (Å²) in [6.07, 6.45) is 8.01. The molecule has 3 heteroatoms. The summed E-state index contributed by atoms with van der Waals surface area (Å²) in [6.45, 7) is 7.56. The van der Waals surface area contributed by atoms with E-state index in [9.17, 15) is 8.78 Å². The predicted octanol–water partition coefficient (Wildman–Crippen LogP) is 7.56. The van der Waals surface area contributed by atoms with Gasteiger partial charge in [0, 0.05) is 6.42 Å². The van der Waals surface area contributed by atoms with E-state index in [0.29, 0.717) is 17.8 Å². The molecule has 29 heavy (non-hydrogen) atoms. The standard InChI is InChI=1S/C26H38F2O/c1-4-6-13-29-24-15-18-7-9-21-20(22(18)14-17(24)5-2)11-12-26(3)19(16-25(27)28)8-10-23(21)26/h14-15,19-21,23,25H,4-13,16H2,1-3H3/t19-,20?,21?,23?,26-/m1/s1. The Morgan fingerprint density at radius 3 is 2.69 bits per heavy atom. The maximum atomic E-state index is 13.2. The molecule has 0 bridgehead atoms. The first-order valence-electron chi connectivity index (χ1n) is 12.0. The molecule has 162 valence electrons. The lowest BCUT2D eigenvalue weighted by molar-refractivity contribution is 0.00354. The first kappa shape index (κ1) is 21.1. The molecule has 0 spiro atoms. The Hall–Kier alpha value is -1.12. The van der Waals surface area contributed by atoms with Gasteiger partial charge in [-0.1, -0.05) is 33.3 Å². The summed E-state index contributed by atoms with van der Waals surface area (Å²) in [5.74, 6) is 3.24. The van der Waals surface area contributed by atoms with Crippen LogP contribution < -0.4 is 4.74 Å². The quantitative estimate of drug-likeness (QED) is 0.426. The molecular weight excluding hydrogens is 366 g/mol. The van der Waals surface area contributed by atoms with Crippen molar-refractivity contribution < 1.29 is 13.5 Å². The summed E-state index contributed by atoms with van der Waals surface area (Å²) in [6, 6.07) is 4.78. The highest BCUT2D eigenvalue weighted by molar-refractivity contribution is 5.46. The number of ether oxygens (including phenoxy) is 1. The molecule has 0 saturated heterocycles. The van der Waals surface area contributed by atoms with Crippen LogP contribution in [0.25, 0.3) is 0 Å². The van der Waals surface area contributed by atoms with Crippen LogP contribution in [0.3, 0.4) is 0 Å². The molecule has 3 aliphatic rings. The van der Waals surface area contributed by atoms with Crippen LogP contribution >= 0.6 is 0 Å². The van der Waals surface area contributed by atoms with Crippen molar-refractivity contribution in [1.29, 1.82) is 0 Å². The number of unbranched alkanes of at least 4 members (excludes halogenated alkanes) is 1. The SMILES string of the molecule is CCCCOc1cc2c(cc1CC)C1CC[C@@]3(C)C(CC[C@@H]3CC(F)F)C1CC2. The molecule has 5 atom stereocenters. The van der Waals surface area contributed by atoms with E-state index in [1.807, 2.05) is 0 Å². The second-order valence-corrected chi connectivity index (χ2v) is 10.1. The third kappa shape index (κ3) is 3.83. The molecule has 1 aromatic carbocycles. The molecule has 0 heterocycles. The maximum absolute atomic E-state index is 13.2. The van der Waals surface area contributed by atoms with E-state index in [1.165, 1.54) is 24.0 Å². The fourth-order valence-electron chi connectivity index (χ4n) is 7.09. The highest BCUT2D eigenvalue weighted by atomic mass is 19.3. The molecule has 2 saturated carbocycles. The minimum absolute atomic E-state index is 0.111. The van der Waals surface area contributed by atoms with Gasteiger partial charge in [0.1, 0.15) is 5.75 Å². The van der Waals surface area contributed by atoms with Crippen molar-refractivity contribution >= 4 is 0 Å². The molecule has 0 aromatic heterocycles. The minimum Gasteiger partial charge on any atom is -0.493 e. The van der Waals surface area contributed by atoms with E-state index in [1.54, 1.807) is 5.56 Å². The van der Waals surface area contributed by atoms with Crippen molar-refractivity contribution in [3.8, 4) is 5.75 Å². The van der Waals surface area contributed by atoms with Gasteiger partial charge in [-0.2, -0.15) is 0 Å². The fraction of sp³-hybridized carbons (Fsp3) is 0.769. The van der Waals surface area contributed by atoms with Gasteiger partial charge < -0.3 is 4.74 Å². The summed E-state index contributed by atoms with van der Waals surface area (Å²) in [7, 11) is 0. The number of benzene rings is 1. The molecular formula is C26H38F2O. The highest BCUT2D eigenvalue weighted by Gasteiger charge is 2.54. The molecule has 3 unspecified atom stereocenters. The zero-order valence-electron chi connectivity index (χ0n) is 18.5. The summed E-state index contributed by atoms with van der Waals surface area (Å²) < 4.78 is 32.5. The first-order chi connectivity index (χ1) is 14.0. The Labute approximate surface area is 175 Å². The average Bonchev–Trinajstić information content (AvgIpc) is 3.03. The summed E-state index contributed by atoms with van der Waals surface area (Å²) in [5, 5.41) is 0. The Morgan fingerprint density at radius 1 is 1.14 bits per heavy atom. The molecule has 1 aromatic rings. The predicted molar refractivity (Wildman–Crippen MR) is 115 cm³/mol. The third-order valence-electron chi connectivity index (χ3n) is 8.70. The second kappa shape index (κ2) is 8.55. The van der Waals surface area contributed by atoms with E-state index in [4.69, 9.17) is 4.74 Å². The number of fused-ring (bicyclic) bond motifs is 5. The molecule has 3 aliphatic carbocycles. The van der Waals surface area contributed by atoms with E-state index >= 15 is 0 Å². The summed E-state index contributed by atoms with van der Waals surface area (Å²) >= 11 is 0. The number of hydrogen-bond donors (Lipinski definition) is 0.